The van der Waals surface area contributed by atoms with E-state index in [2.05, 4.69) is 10.3 Å². The summed E-state index contributed by atoms with van der Waals surface area (Å²) in [6.45, 7) is 0. The van der Waals surface area contributed by atoms with Gasteiger partial charge in [-0.15, -0.1) is 0 Å². The van der Waals surface area contributed by atoms with Gasteiger partial charge in [-0.05, 0) is 19.3 Å². The van der Waals surface area contributed by atoms with Gasteiger partial charge in [0.2, 0.25) is 5.91 Å². The smallest absolute Gasteiger partial charge is 0.331 e. The zero-order valence-corrected chi connectivity index (χ0v) is 15.7. The largest absolute Gasteiger partial charge is 0.467 e. The summed E-state index contributed by atoms with van der Waals surface area (Å²) in [5.41, 5.74) is 0.124. The van der Waals surface area contributed by atoms with E-state index in [1.165, 1.54) is 7.11 Å². The summed E-state index contributed by atoms with van der Waals surface area (Å²) in [4.78, 5) is 28.9. The highest BCUT2D eigenvalue weighted by Crippen LogP contribution is 2.29. The van der Waals surface area contributed by atoms with Crippen molar-refractivity contribution in [3.8, 4) is 11.3 Å². The van der Waals surface area contributed by atoms with Crippen LogP contribution in [-0.4, -0.2) is 29.5 Å². The number of rotatable bonds is 7. The number of methoxy groups -OCH3 is 1. The van der Waals surface area contributed by atoms with Gasteiger partial charge in [0.05, 0.1) is 13.3 Å². The number of benzene rings is 1. The number of carbonyl (C=O) groups is 2. The van der Waals surface area contributed by atoms with Gasteiger partial charge in [0.15, 0.2) is 11.7 Å². The Morgan fingerprint density at radius 2 is 1.93 bits per heavy atom. The number of aromatic nitrogens is 1. The van der Waals surface area contributed by atoms with E-state index in [4.69, 9.17) is 9.15 Å². The van der Waals surface area contributed by atoms with Crippen molar-refractivity contribution in [3.63, 3.8) is 0 Å². The van der Waals surface area contributed by atoms with Crippen molar-refractivity contribution < 1.29 is 18.7 Å². The van der Waals surface area contributed by atoms with Crippen LogP contribution < -0.4 is 5.32 Å². The lowest BCUT2D eigenvalue weighted by Crippen LogP contribution is -2.56. The molecule has 1 aromatic heterocycles. The van der Waals surface area contributed by atoms with Crippen LogP contribution in [0.15, 0.2) is 40.9 Å². The Kier molecular flexibility index (Phi) is 6.27. The summed E-state index contributed by atoms with van der Waals surface area (Å²) in [5, 5.41) is 2.94. The summed E-state index contributed by atoms with van der Waals surface area (Å²) >= 11 is 0. The Morgan fingerprint density at radius 1 is 1.19 bits per heavy atom. The average Bonchev–Trinajstić information content (AvgIpc) is 3.17. The lowest BCUT2D eigenvalue weighted by atomic mass is 9.81. The summed E-state index contributed by atoms with van der Waals surface area (Å²) in [5.74, 6) is 0.872. The van der Waals surface area contributed by atoms with E-state index in [9.17, 15) is 9.59 Å². The van der Waals surface area contributed by atoms with Crippen molar-refractivity contribution in [2.75, 3.05) is 7.11 Å². The van der Waals surface area contributed by atoms with Gasteiger partial charge in [0, 0.05) is 18.4 Å². The van der Waals surface area contributed by atoms with Crippen molar-refractivity contribution in [2.24, 2.45) is 0 Å². The molecule has 1 aliphatic rings. The molecule has 0 atom stereocenters. The molecule has 144 valence electrons. The van der Waals surface area contributed by atoms with Gasteiger partial charge in [-0.25, -0.2) is 9.78 Å². The summed E-state index contributed by atoms with van der Waals surface area (Å²) in [7, 11) is 1.37. The maximum Gasteiger partial charge on any atom is 0.331 e. The molecule has 0 aliphatic heterocycles. The molecule has 6 heteroatoms. The van der Waals surface area contributed by atoms with Crippen LogP contribution in [0.25, 0.3) is 11.3 Å². The molecule has 1 saturated carbocycles. The van der Waals surface area contributed by atoms with E-state index in [1.807, 2.05) is 30.3 Å². The normalized spacial score (nSPS) is 15.9. The number of hydrogen-bond acceptors (Lipinski definition) is 5. The third kappa shape index (κ3) is 4.76. The Hall–Kier alpha value is -2.63. The van der Waals surface area contributed by atoms with E-state index in [-0.39, 0.29) is 11.9 Å². The van der Waals surface area contributed by atoms with E-state index < -0.39 is 5.54 Å². The molecule has 1 amide bonds. The Labute approximate surface area is 159 Å². The third-order valence-corrected chi connectivity index (χ3v) is 5.07. The van der Waals surface area contributed by atoms with Crippen LogP contribution in [0.4, 0.5) is 0 Å². The Morgan fingerprint density at radius 3 is 2.63 bits per heavy atom. The molecular weight excluding hydrogens is 344 g/mol. The number of hydrogen-bond donors (Lipinski definition) is 1. The quantitative estimate of drug-likeness (QED) is 0.752. The minimum Gasteiger partial charge on any atom is -0.467 e. The molecule has 2 aromatic rings. The molecule has 0 bridgehead atoms. The summed E-state index contributed by atoms with van der Waals surface area (Å²) in [6, 6.07) is 9.78. The number of aryl methyl sites for hydroxylation is 1. The lowest BCUT2D eigenvalue weighted by molar-refractivity contribution is -0.152. The summed E-state index contributed by atoms with van der Waals surface area (Å²) < 4.78 is 10.7. The maximum absolute atomic E-state index is 12.4. The first-order chi connectivity index (χ1) is 13.1. The number of oxazole rings is 1. The number of nitrogens with zero attached hydrogens (tertiary/aromatic N) is 1. The lowest BCUT2D eigenvalue weighted by Gasteiger charge is -2.35. The monoisotopic (exact) mass is 370 g/mol. The highest BCUT2D eigenvalue weighted by molar-refractivity contribution is 5.88. The molecule has 0 spiro atoms. The van der Waals surface area contributed by atoms with Gasteiger partial charge in [-0.3, -0.25) is 4.79 Å². The van der Waals surface area contributed by atoms with E-state index in [0.717, 1.165) is 30.6 Å². The zero-order chi connectivity index (χ0) is 19.1. The fraction of sp³-hybridized carbons (Fsp3) is 0.476. The molecule has 0 radical (unpaired) electrons. The van der Waals surface area contributed by atoms with Crippen molar-refractivity contribution in [3.05, 3.63) is 42.4 Å². The SMILES string of the molecule is COC(=O)C1(NC(=O)CCCc2ncc(-c3ccccc3)o2)CCCCC1. The molecule has 1 N–H and O–H groups in total. The predicted octanol–water partition coefficient (Wildman–Crippen LogP) is 3.66. The molecule has 1 aliphatic carbocycles. The van der Waals surface area contributed by atoms with Crippen LogP contribution in [0.3, 0.4) is 0 Å². The van der Waals surface area contributed by atoms with E-state index >= 15 is 0 Å². The highest BCUT2D eigenvalue weighted by atomic mass is 16.5. The van der Waals surface area contributed by atoms with Crippen LogP contribution in [0.2, 0.25) is 0 Å². The van der Waals surface area contributed by atoms with Crippen molar-refractivity contribution >= 4 is 11.9 Å². The minimum atomic E-state index is -0.854. The number of nitrogens with one attached hydrogen (secondary N) is 1. The van der Waals surface area contributed by atoms with Crippen molar-refractivity contribution in [1.82, 2.24) is 10.3 Å². The van der Waals surface area contributed by atoms with Gasteiger partial charge in [0.1, 0.15) is 5.54 Å². The fourth-order valence-corrected chi connectivity index (χ4v) is 3.62. The number of ether oxygens (including phenoxy) is 1. The topological polar surface area (TPSA) is 81.4 Å². The second kappa shape index (κ2) is 8.84. The van der Waals surface area contributed by atoms with Crippen molar-refractivity contribution in [1.29, 1.82) is 0 Å². The van der Waals surface area contributed by atoms with Gasteiger partial charge in [-0.1, -0.05) is 49.6 Å². The van der Waals surface area contributed by atoms with Crippen LogP contribution in [-0.2, 0) is 20.7 Å². The van der Waals surface area contributed by atoms with Gasteiger partial charge in [-0.2, -0.15) is 0 Å². The molecule has 1 heterocycles. The predicted molar refractivity (Wildman–Crippen MR) is 101 cm³/mol. The molecular formula is C21H26N2O4. The molecule has 3 rings (SSSR count). The molecule has 1 aromatic carbocycles. The summed E-state index contributed by atoms with van der Waals surface area (Å²) in [6.07, 6.45) is 7.44. The second-order valence-electron chi connectivity index (χ2n) is 7.02. The van der Waals surface area contributed by atoms with Crippen LogP contribution in [0, 0.1) is 0 Å². The molecule has 0 saturated heterocycles. The van der Waals surface area contributed by atoms with Crippen LogP contribution in [0.1, 0.15) is 50.8 Å². The Balaban J connectivity index is 1.51. The first-order valence-electron chi connectivity index (χ1n) is 9.52. The number of esters is 1. The number of carbonyl (C=O) groups excluding carboxylic acids is 2. The first-order valence-corrected chi connectivity index (χ1v) is 9.52. The minimum absolute atomic E-state index is 0.128. The molecule has 0 unspecified atom stereocenters. The van der Waals surface area contributed by atoms with E-state index in [1.54, 1.807) is 6.20 Å². The maximum atomic E-state index is 12.4. The molecule has 1 fully saturated rings. The van der Waals surface area contributed by atoms with Crippen LogP contribution in [0.5, 0.6) is 0 Å². The second-order valence-corrected chi connectivity index (χ2v) is 7.02. The molecule has 27 heavy (non-hydrogen) atoms. The Bertz CT molecular complexity index is 763. The third-order valence-electron chi connectivity index (χ3n) is 5.07. The van der Waals surface area contributed by atoms with Gasteiger partial charge >= 0.3 is 5.97 Å². The first kappa shape index (κ1) is 19.1. The zero-order valence-electron chi connectivity index (χ0n) is 15.7. The number of amides is 1. The molecule has 6 nitrogen and oxygen atoms in total. The van der Waals surface area contributed by atoms with Gasteiger partial charge < -0.3 is 14.5 Å². The fourth-order valence-electron chi connectivity index (χ4n) is 3.62. The average molecular weight is 370 g/mol. The standard InChI is InChI=1S/C21H26N2O4/c1-26-20(25)21(13-6-3-7-14-21)23-18(24)11-8-12-19-22-15-17(27-19)16-9-4-2-5-10-16/h2,4-5,9-10,15H,3,6-8,11-14H2,1H3,(H,23,24). The van der Waals surface area contributed by atoms with E-state index in [0.29, 0.717) is 38.0 Å². The van der Waals surface area contributed by atoms with Crippen LogP contribution >= 0.6 is 0 Å². The van der Waals surface area contributed by atoms with Crippen molar-refractivity contribution in [2.45, 2.75) is 56.9 Å². The van der Waals surface area contributed by atoms with Gasteiger partial charge in [0.25, 0.3) is 0 Å². The highest BCUT2D eigenvalue weighted by Gasteiger charge is 2.41.